The van der Waals surface area contributed by atoms with Gasteiger partial charge in [0.1, 0.15) is 5.84 Å². The summed E-state index contributed by atoms with van der Waals surface area (Å²) >= 11 is 0. The molecule has 0 bridgehead atoms. The van der Waals surface area contributed by atoms with Crippen molar-refractivity contribution in [2.24, 2.45) is 10.8 Å². The first-order chi connectivity index (χ1) is 8.22. The summed E-state index contributed by atoms with van der Waals surface area (Å²) in [5.74, 6) is 6.45. The Morgan fingerprint density at radius 1 is 1.29 bits per heavy atom. The normalized spacial score (nSPS) is 17.5. The zero-order chi connectivity index (χ0) is 12.3. The Morgan fingerprint density at radius 3 is 2.65 bits per heavy atom. The van der Waals surface area contributed by atoms with Crippen LogP contribution in [0.4, 0.5) is 0 Å². The average Bonchev–Trinajstić information content (AvgIpc) is 2.83. The van der Waals surface area contributed by atoms with Gasteiger partial charge in [-0.05, 0) is 37.8 Å². The van der Waals surface area contributed by atoms with Gasteiger partial charge in [0.25, 0.3) is 0 Å². The number of benzene rings is 1. The SMILES string of the molecule is Cc1cccc(C(=NC2CCCC2)NN)c1C. The molecule has 3 N–H and O–H groups in total. The molecule has 0 spiro atoms. The standard InChI is InChI=1S/C14H21N3/c1-10-6-5-9-13(11(10)2)14(17-15)16-12-7-3-4-8-12/h5-6,9,12H,3-4,7-8,15H2,1-2H3,(H,16,17). The van der Waals surface area contributed by atoms with E-state index in [1.165, 1.54) is 36.8 Å². The van der Waals surface area contributed by atoms with Crippen LogP contribution in [0.5, 0.6) is 0 Å². The second kappa shape index (κ2) is 5.32. The Kier molecular flexibility index (Phi) is 3.79. The summed E-state index contributed by atoms with van der Waals surface area (Å²) in [5.41, 5.74) is 6.41. The molecule has 2 rings (SSSR count). The van der Waals surface area contributed by atoms with Gasteiger partial charge in [0.2, 0.25) is 0 Å². The second-order valence-corrected chi connectivity index (χ2v) is 4.81. The lowest BCUT2D eigenvalue weighted by Crippen LogP contribution is -2.33. The van der Waals surface area contributed by atoms with E-state index in [4.69, 9.17) is 10.8 Å². The van der Waals surface area contributed by atoms with Crippen molar-refractivity contribution < 1.29 is 0 Å². The molecule has 1 aliphatic carbocycles. The number of hydrazine groups is 1. The van der Waals surface area contributed by atoms with Gasteiger partial charge in [-0.15, -0.1) is 0 Å². The zero-order valence-corrected chi connectivity index (χ0v) is 10.7. The molecule has 0 amide bonds. The summed E-state index contributed by atoms with van der Waals surface area (Å²) in [6.45, 7) is 4.23. The smallest absolute Gasteiger partial charge is 0.143 e. The van der Waals surface area contributed by atoms with Crippen molar-refractivity contribution in [2.45, 2.75) is 45.6 Å². The average molecular weight is 231 g/mol. The van der Waals surface area contributed by atoms with E-state index in [1.807, 2.05) is 0 Å². The zero-order valence-electron chi connectivity index (χ0n) is 10.7. The summed E-state index contributed by atoms with van der Waals surface area (Å²) in [6.07, 6.45) is 4.96. The molecule has 0 aliphatic heterocycles. The molecular formula is C14H21N3. The van der Waals surface area contributed by atoms with Crippen LogP contribution in [-0.4, -0.2) is 11.9 Å². The van der Waals surface area contributed by atoms with E-state index in [0.29, 0.717) is 6.04 Å². The Hall–Kier alpha value is -1.35. The van der Waals surface area contributed by atoms with Gasteiger partial charge in [0.15, 0.2) is 0 Å². The highest BCUT2D eigenvalue weighted by Gasteiger charge is 2.16. The van der Waals surface area contributed by atoms with E-state index in [0.717, 1.165) is 11.4 Å². The number of nitrogens with two attached hydrogens (primary N) is 1. The van der Waals surface area contributed by atoms with Gasteiger partial charge in [-0.2, -0.15) is 0 Å². The summed E-state index contributed by atoms with van der Waals surface area (Å²) in [5, 5.41) is 0. The fourth-order valence-electron chi connectivity index (χ4n) is 2.41. The van der Waals surface area contributed by atoms with Crippen molar-refractivity contribution in [2.75, 3.05) is 0 Å². The van der Waals surface area contributed by atoms with Crippen LogP contribution >= 0.6 is 0 Å². The summed E-state index contributed by atoms with van der Waals surface area (Å²) < 4.78 is 0. The molecule has 0 unspecified atom stereocenters. The topological polar surface area (TPSA) is 50.4 Å². The predicted octanol–water partition coefficient (Wildman–Crippen LogP) is 2.46. The van der Waals surface area contributed by atoms with Gasteiger partial charge in [0, 0.05) is 5.56 Å². The number of aryl methyl sites for hydroxylation is 1. The lowest BCUT2D eigenvalue weighted by Gasteiger charge is -2.13. The molecule has 1 aromatic carbocycles. The van der Waals surface area contributed by atoms with E-state index >= 15 is 0 Å². The number of nitrogens with zero attached hydrogens (tertiary/aromatic N) is 1. The van der Waals surface area contributed by atoms with Crippen molar-refractivity contribution in [1.82, 2.24) is 5.43 Å². The van der Waals surface area contributed by atoms with Gasteiger partial charge >= 0.3 is 0 Å². The predicted molar refractivity (Wildman–Crippen MR) is 72.0 cm³/mol. The molecular weight excluding hydrogens is 210 g/mol. The van der Waals surface area contributed by atoms with E-state index in [1.54, 1.807) is 0 Å². The molecule has 92 valence electrons. The monoisotopic (exact) mass is 231 g/mol. The highest BCUT2D eigenvalue weighted by molar-refractivity contribution is 6.00. The largest absolute Gasteiger partial charge is 0.308 e. The van der Waals surface area contributed by atoms with Crippen LogP contribution in [0.25, 0.3) is 0 Å². The molecule has 17 heavy (non-hydrogen) atoms. The minimum absolute atomic E-state index is 0.445. The van der Waals surface area contributed by atoms with E-state index in [-0.39, 0.29) is 0 Å². The number of amidine groups is 1. The minimum Gasteiger partial charge on any atom is -0.308 e. The number of hydrogen-bond acceptors (Lipinski definition) is 2. The van der Waals surface area contributed by atoms with Crippen molar-refractivity contribution in [3.05, 3.63) is 34.9 Å². The quantitative estimate of drug-likeness (QED) is 0.355. The van der Waals surface area contributed by atoms with Gasteiger partial charge in [0.05, 0.1) is 6.04 Å². The second-order valence-electron chi connectivity index (χ2n) is 4.81. The molecule has 0 aromatic heterocycles. The Balaban J connectivity index is 2.31. The Morgan fingerprint density at radius 2 is 2.00 bits per heavy atom. The lowest BCUT2D eigenvalue weighted by atomic mass is 10.0. The van der Waals surface area contributed by atoms with Crippen LogP contribution in [0.3, 0.4) is 0 Å². The van der Waals surface area contributed by atoms with Crippen LogP contribution in [-0.2, 0) is 0 Å². The summed E-state index contributed by atoms with van der Waals surface area (Å²) in [4.78, 5) is 4.75. The molecule has 0 saturated heterocycles. The lowest BCUT2D eigenvalue weighted by molar-refractivity contribution is 0.700. The van der Waals surface area contributed by atoms with E-state index in [2.05, 4.69) is 37.5 Å². The molecule has 1 fully saturated rings. The van der Waals surface area contributed by atoms with Gasteiger partial charge in [-0.3, -0.25) is 4.99 Å². The molecule has 0 heterocycles. The van der Waals surface area contributed by atoms with E-state index < -0.39 is 0 Å². The third-order valence-electron chi connectivity index (χ3n) is 3.63. The van der Waals surface area contributed by atoms with Crippen molar-refractivity contribution in [1.29, 1.82) is 0 Å². The van der Waals surface area contributed by atoms with Crippen molar-refractivity contribution >= 4 is 5.84 Å². The molecule has 3 heteroatoms. The molecule has 0 atom stereocenters. The maximum Gasteiger partial charge on any atom is 0.143 e. The fraction of sp³-hybridized carbons (Fsp3) is 0.500. The Bertz CT molecular complexity index is 417. The maximum atomic E-state index is 5.62. The van der Waals surface area contributed by atoms with Gasteiger partial charge in [-0.25, -0.2) is 5.84 Å². The summed E-state index contributed by atoms with van der Waals surface area (Å²) in [7, 11) is 0. The molecule has 1 saturated carbocycles. The van der Waals surface area contributed by atoms with Crippen LogP contribution in [0.1, 0.15) is 42.4 Å². The van der Waals surface area contributed by atoms with Gasteiger partial charge in [-0.1, -0.05) is 31.0 Å². The Labute approximate surface area is 103 Å². The molecule has 3 nitrogen and oxygen atoms in total. The van der Waals surface area contributed by atoms with Crippen LogP contribution < -0.4 is 11.3 Å². The highest BCUT2D eigenvalue weighted by atomic mass is 15.3. The number of rotatable bonds is 2. The molecule has 1 aromatic rings. The number of aliphatic imine (C=N–C) groups is 1. The van der Waals surface area contributed by atoms with Crippen molar-refractivity contribution in [3.8, 4) is 0 Å². The third-order valence-corrected chi connectivity index (χ3v) is 3.63. The number of nitrogens with one attached hydrogen (secondary N) is 1. The van der Waals surface area contributed by atoms with Crippen LogP contribution in [0, 0.1) is 13.8 Å². The van der Waals surface area contributed by atoms with E-state index in [9.17, 15) is 0 Å². The first-order valence-electron chi connectivity index (χ1n) is 6.33. The molecule has 0 radical (unpaired) electrons. The van der Waals surface area contributed by atoms with Crippen LogP contribution in [0.15, 0.2) is 23.2 Å². The third kappa shape index (κ3) is 2.67. The molecule has 1 aliphatic rings. The first-order valence-corrected chi connectivity index (χ1v) is 6.33. The maximum absolute atomic E-state index is 5.62. The fourth-order valence-corrected chi connectivity index (χ4v) is 2.41. The minimum atomic E-state index is 0.445. The van der Waals surface area contributed by atoms with Gasteiger partial charge < -0.3 is 5.43 Å². The highest BCUT2D eigenvalue weighted by Crippen LogP contribution is 2.22. The van der Waals surface area contributed by atoms with Crippen molar-refractivity contribution in [3.63, 3.8) is 0 Å². The first kappa shape index (κ1) is 12.1. The summed E-state index contributed by atoms with van der Waals surface area (Å²) in [6, 6.07) is 6.69. The number of hydrogen-bond donors (Lipinski definition) is 2. The van der Waals surface area contributed by atoms with Crippen LogP contribution in [0.2, 0.25) is 0 Å².